The van der Waals surface area contributed by atoms with Crippen molar-refractivity contribution >= 4 is 22.7 Å². The molecule has 96 valence electrons. The van der Waals surface area contributed by atoms with Crippen molar-refractivity contribution < 1.29 is 4.42 Å². The van der Waals surface area contributed by atoms with E-state index in [-0.39, 0.29) is 5.95 Å². The Kier molecular flexibility index (Phi) is 2.79. The summed E-state index contributed by atoms with van der Waals surface area (Å²) < 4.78 is 5.35. The first-order chi connectivity index (χ1) is 9.24. The summed E-state index contributed by atoms with van der Waals surface area (Å²) in [4.78, 5) is 10.6. The number of aromatic nitrogens is 2. The van der Waals surface area contributed by atoms with Crippen molar-refractivity contribution in [2.45, 2.75) is 6.54 Å². The monoisotopic (exact) mass is 254 g/mol. The van der Waals surface area contributed by atoms with Crippen molar-refractivity contribution in [2.24, 2.45) is 0 Å². The molecule has 2 heterocycles. The number of benzene rings is 1. The van der Waals surface area contributed by atoms with Gasteiger partial charge in [0.2, 0.25) is 5.95 Å². The highest BCUT2D eigenvalue weighted by atomic mass is 16.3. The number of nitrogen functional groups attached to an aromatic ring is 1. The molecule has 0 aliphatic rings. The molecule has 0 spiro atoms. The van der Waals surface area contributed by atoms with E-state index < -0.39 is 0 Å². The van der Waals surface area contributed by atoms with Crippen LogP contribution in [0.15, 0.2) is 47.1 Å². The van der Waals surface area contributed by atoms with Crippen molar-refractivity contribution in [1.82, 2.24) is 9.97 Å². The molecule has 0 fully saturated rings. The molecule has 2 aromatic heterocycles. The molecule has 3 aromatic rings. The Balaban J connectivity index is 2.03. The van der Waals surface area contributed by atoms with Gasteiger partial charge in [0, 0.05) is 12.4 Å². The lowest BCUT2D eigenvalue weighted by Gasteiger charge is -2.18. The second-order valence-corrected chi connectivity index (χ2v) is 4.36. The van der Waals surface area contributed by atoms with Gasteiger partial charge in [-0.25, -0.2) is 4.98 Å². The van der Waals surface area contributed by atoms with E-state index in [9.17, 15) is 0 Å². The zero-order chi connectivity index (χ0) is 13.2. The lowest BCUT2D eigenvalue weighted by molar-refractivity contribution is 0.507. The molecule has 19 heavy (non-hydrogen) atoms. The van der Waals surface area contributed by atoms with Crippen molar-refractivity contribution in [2.75, 3.05) is 17.7 Å². The molecule has 0 aliphatic carbocycles. The van der Waals surface area contributed by atoms with Gasteiger partial charge in [0.1, 0.15) is 11.6 Å². The predicted molar refractivity (Wildman–Crippen MR) is 74.8 cm³/mol. The molecule has 3 rings (SSSR count). The minimum atomic E-state index is 0.278. The van der Waals surface area contributed by atoms with E-state index >= 15 is 0 Å². The summed E-state index contributed by atoms with van der Waals surface area (Å²) in [5, 5.41) is 0.978. The van der Waals surface area contributed by atoms with E-state index in [2.05, 4.69) is 9.97 Å². The summed E-state index contributed by atoms with van der Waals surface area (Å²) in [6.45, 7) is 0.632. The minimum Gasteiger partial charge on any atom is -0.467 e. The fourth-order valence-electron chi connectivity index (χ4n) is 2.08. The third kappa shape index (κ3) is 2.22. The fourth-order valence-corrected chi connectivity index (χ4v) is 2.08. The number of hydrogen-bond acceptors (Lipinski definition) is 5. The molecule has 0 radical (unpaired) electrons. The van der Waals surface area contributed by atoms with Gasteiger partial charge in [-0.05, 0) is 24.3 Å². The number of nitrogens with zero attached hydrogens (tertiary/aromatic N) is 3. The largest absolute Gasteiger partial charge is 0.467 e. The Hall–Kier alpha value is -2.56. The fraction of sp³-hybridized carbons (Fsp3) is 0.143. The average Bonchev–Trinajstić information content (AvgIpc) is 2.90. The average molecular weight is 254 g/mol. The van der Waals surface area contributed by atoms with Crippen LogP contribution in [-0.4, -0.2) is 17.0 Å². The Morgan fingerprint density at radius 2 is 2.00 bits per heavy atom. The van der Waals surface area contributed by atoms with Crippen LogP contribution in [0.5, 0.6) is 0 Å². The van der Waals surface area contributed by atoms with E-state index in [1.54, 1.807) is 6.26 Å². The normalized spacial score (nSPS) is 10.8. The molecule has 1 aromatic carbocycles. The Morgan fingerprint density at radius 3 is 2.79 bits per heavy atom. The van der Waals surface area contributed by atoms with Gasteiger partial charge in [-0.1, -0.05) is 12.1 Å². The molecule has 5 nitrogen and oxygen atoms in total. The number of rotatable bonds is 3. The van der Waals surface area contributed by atoms with Crippen LogP contribution in [-0.2, 0) is 6.54 Å². The van der Waals surface area contributed by atoms with Gasteiger partial charge >= 0.3 is 0 Å². The third-order valence-electron chi connectivity index (χ3n) is 2.94. The van der Waals surface area contributed by atoms with Gasteiger partial charge < -0.3 is 15.1 Å². The van der Waals surface area contributed by atoms with E-state index in [1.807, 2.05) is 48.3 Å². The topological polar surface area (TPSA) is 68.2 Å². The van der Waals surface area contributed by atoms with Crippen LogP contribution in [0.4, 0.5) is 11.8 Å². The number of anilines is 2. The molecule has 0 atom stereocenters. The van der Waals surface area contributed by atoms with Gasteiger partial charge in [0.25, 0.3) is 0 Å². The molecule has 0 saturated carbocycles. The van der Waals surface area contributed by atoms with Crippen molar-refractivity contribution in [3.63, 3.8) is 0 Å². The van der Waals surface area contributed by atoms with Gasteiger partial charge in [-0.3, -0.25) is 0 Å². The van der Waals surface area contributed by atoms with Gasteiger partial charge in [-0.15, -0.1) is 0 Å². The Bertz CT molecular complexity index is 694. The van der Waals surface area contributed by atoms with Crippen LogP contribution in [0.3, 0.4) is 0 Å². The second-order valence-electron chi connectivity index (χ2n) is 4.36. The van der Waals surface area contributed by atoms with Crippen LogP contribution >= 0.6 is 0 Å². The zero-order valence-electron chi connectivity index (χ0n) is 10.6. The van der Waals surface area contributed by atoms with Crippen LogP contribution in [0.2, 0.25) is 0 Å². The summed E-state index contributed by atoms with van der Waals surface area (Å²) in [5.41, 5.74) is 6.61. The van der Waals surface area contributed by atoms with Crippen LogP contribution < -0.4 is 10.6 Å². The van der Waals surface area contributed by atoms with Crippen LogP contribution in [0.25, 0.3) is 10.9 Å². The lowest BCUT2D eigenvalue weighted by atomic mass is 10.2. The van der Waals surface area contributed by atoms with E-state index in [1.165, 1.54) is 0 Å². The highest BCUT2D eigenvalue weighted by molar-refractivity contribution is 5.90. The number of fused-ring (bicyclic) bond motifs is 1. The standard InChI is InChI=1S/C14H14N4O/c1-18(9-10-5-4-8-19-10)13-11-6-2-3-7-12(11)16-14(15)17-13/h2-8H,9H2,1H3,(H2,15,16,17). The van der Waals surface area contributed by atoms with Gasteiger partial charge in [0.05, 0.1) is 18.3 Å². The SMILES string of the molecule is CN(Cc1ccco1)c1nc(N)nc2ccccc12. The minimum absolute atomic E-state index is 0.278. The number of furan rings is 1. The second kappa shape index (κ2) is 4.61. The summed E-state index contributed by atoms with van der Waals surface area (Å²) in [6.07, 6.45) is 1.66. The quantitative estimate of drug-likeness (QED) is 0.777. The predicted octanol–water partition coefficient (Wildman–Crippen LogP) is 2.44. The van der Waals surface area contributed by atoms with Crippen molar-refractivity contribution in [3.05, 3.63) is 48.4 Å². The number of hydrogen-bond donors (Lipinski definition) is 1. The van der Waals surface area contributed by atoms with E-state index in [0.29, 0.717) is 6.54 Å². The van der Waals surface area contributed by atoms with Crippen LogP contribution in [0.1, 0.15) is 5.76 Å². The molecule has 0 amide bonds. The summed E-state index contributed by atoms with van der Waals surface area (Å²) in [6, 6.07) is 11.6. The van der Waals surface area contributed by atoms with Crippen LogP contribution in [0, 0.1) is 0 Å². The van der Waals surface area contributed by atoms with E-state index in [4.69, 9.17) is 10.2 Å². The highest BCUT2D eigenvalue weighted by Gasteiger charge is 2.11. The summed E-state index contributed by atoms with van der Waals surface area (Å²) >= 11 is 0. The van der Waals surface area contributed by atoms with Crippen molar-refractivity contribution in [3.8, 4) is 0 Å². The first-order valence-corrected chi connectivity index (χ1v) is 6.00. The lowest BCUT2D eigenvalue weighted by Crippen LogP contribution is -2.18. The molecule has 5 heteroatoms. The maximum Gasteiger partial charge on any atom is 0.222 e. The zero-order valence-corrected chi connectivity index (χ0v) is 10.6. The summed E-state index contributed by atoms with van der Waals surface area (Å²) in [5.74, 6) is 1.96. The van der Waals surface area contributed by atoms with E-state index in [0.717, 1.165) is 22.5 Å². The first-order valence-electron chi connectivity index (χ1n) is 6.00. The van der Waals surface area contributed by atoms with Crippen molar-refractivity contribution in [1.29, 1.82) is 0 Å². The Morgan fingerprint density at radius 1 is 1.16 bits per heavy atom. The molecule has 0 aliphatic heterocycles. The molecular weight excluding hydrogens is 240 g/mol. The maximum absolute atomic E-state index is 5.76. The third-order valence-corrected chi connectivity index (χ3v) is 2.94. The maximum atomic E-state index is 5.76. The smallest absolute Gasteiger partial charge is 0.222 e. The molecule has 0 unspecified atom stereocenters. The van der Waals surface area contributed by atoms with Gasteiger partial charge in [0.15, 0.2) is 0 Å². The molecule has 0 bridgehead atoms. The highest BCUT2D eigenvalue weighted by Crippen LogP contribution is 2.24. The number of nitrogens with two attached hydrogens (primary N) is 1. The van der Waals surface area contributed by atoms with Gasteiger partial charge in [-0.2, -0.15) is 4.98 Å². The summed E-state index contributed by atoms with van der Waals surface area (Å²) in [7, 11) is 1.96. The first kappa shape index (κ1) is 11.5. The number of para-hydroxylation sites is 1. The molecule has 2 N–H and O–H groups in total. The molecular formula is C14H14N4O. The Labute approximate surface area is 110 Å². The molecule has 0 saturated heterocycles.